The van der Waals surface area contributed by atoms with Gasteiger partial charge in [-0.25, -0.2) is 4.39 Å². The summed E-state index contributed by atoms with van der Waals surface area (Å²) < 4.78 is 14.0. The van der Waals surface area contributed by atoms with Crippen molar-refractivity contribution in [2.75, 3.05) is 0 Å². The minimum Gasteiger partial charge on any atom is -0.282 e. The molecule has 0 saturated carbocycles. The molecule has 0 spiro atoms. The number of benzene rings is 1. The number of nitrogens with zero attached hydrogens (tertiary/aromatic N) is 2. The zero-order chi connectivity index (χ0) is 15.6. The van der Waals surface area contributed by atoms with Crippen LogP contribution in [0.15, 0.2) is 48.8 Å². The van der Waals surface area contributed by atoms with Crippen molar-refractivity contribution in [2.45, 2.75) is 31.6 Å². The summed E-state index contributed by atoms with van der Waals surface area (Å²) in [4.78, 5) is 4.08. The second-order valence-electron chi connectivity index (χ2n) is 6.09. The van der Waals surface area contributed by atoms with Gasteiger partial charge < -0.3 is 0 Å². The number of fused-ring (bicyclic) bond motifs is 1. The molecule has 3 aromatic rings. The standard InChI is InChI=1S/C19H18FN3/c20-16-6-2-1-4-14(16)12-15-5-3-7-17-18(15)19(23-22-17)13-8-10-21-11-9-13/h1-2,4,6,8-11,15H,3,5,7,12H2,(H,22,23). The fourth-order valence-corrected chi connectivity index (χ4v) is 3.55. The molecular formula is C19H18FN3. The smallest absolute Gasteiger partial charge is 0.126 e. The van der Waals surface area contributed by atoms with E-state index >= 15 is 0 Å². The quantitative estimate of drug-likeness (QED) is 0.785. The fourth-order valence-electron chi connectivity index (χ4n) is 3.55. The summed E-state index contributed by atoms with van der Waals surface area (Å²) in [6.07, 6.45) is 7.48. The molecule has 4 rings (SSSR count). The van der Waals surface area contributed by atoms with Gasteiger partial charge in [0.25, 0.3) is 0 Å². The van der Waals surface area contributed by atoms with Gasteiger partial charge in [-0.2, -0.15) is 5.10 Å². The Morgan fingerprint density at radius 1 is 1.13 bits per heavy atom. The van der Waals surface area contributed by atoms with Crippen LogP contribution in [0.25, 0.3) is 11.3 Å². The summed E-state index contributed by atoms with van der Waals surface area (Å²) in [5.41, 5.74) is 5.30. The Bertz CT molecular complexity index is 810. The monoisotopic (exact) mass is 307 g/mol. The van der Waals surface area contributed by atoms with Gasteiger partial charge in [0.2, 0.25) is 0 Å². The van der Waals surface area contributed by atoms with Gasteiger partial charge in [-0.3, -0.25) is 10.1 Å². The lowest BCUT2D eigenvalue weighted by Crippen LogP contribution is -2.12. The molecule has 0 saturated heterocycles. The predicted octanol–water partition coefficient (Wildman–Crippen LogP) is 4.27. The molecule has 1 aromatic carbocycles. The van der Waals surface area contributed by atoms with Crippen LogP contribution in [0, 0.1) is 5.82 Å². The van der Waals surface area contributed by atoms with Gasteiger partial charge in [0.15, 0.2) is 0 Å². The van der Waals surface area contributed by atoms with Crippen LogP contribution < -0.4 is 0 Å². The summed E-state index contributed by atoms with van der Waals surface area (Å²) in [5.74, 6) is 0.186. The van der Waals surface area contributed by atoms with E-state index < -0.39 is 0 Å². The SMILES string of the molecule is Fc1ccccc1CC1CCCc2[nH]nc(-c3ccncc3)c21. The van der Waals surface area contributed by atoms with E-state index in [2.05, 4.69) is 15.2 Å². The van der Waals surface area contributed by atoms with Crippen LogP contribution in [0.4, 0.5) is 4.39 Å². The van der Waals surface area contributed by atoms with E-state index in [9.17, 15) is 4.39 Å². The largest absolute Gasteiger partial charge is 0.282 e. The molecule has 23 heavy (non-hydrogen) atoms. The molecular weight excluding hydrogens is 289 g/mol. The average molecular weight is 307 g/mol. The second kappa shape index (κ2) is 5.95. The summed E-state index contributed by atoms with van der Waals surface area (Å²) in [7, 11) is 0. The number of rotatable bonds is 3. The van der Waals surface area contributed by atoms with Crippen molar-refractivity contribution < 1.29 is 4.39 Å². The van der Waals surface area contributed by atoms with Crippen LogP contribution >= 0.6 is 0 Å². The number of halogens is 1. The van der Waals surface area contributed by atoms with E-state index in [-0.39, 0.29) is 5.82 Å². The van der Waals surface area contributed by atoms with E-state index in [1.165, 1.54) is 17.3 Å². The van der Waals surface area contributed by atoms with Crippen LogP contribution in [-0.2, 0) is 12.8 Å². The molecule has 4 heteroatoms. The molecule has 0 bridgehead atoms. The first-order valence-corrected chi connectivity index (χ1v) is 8.04. The number of aromatic nitrogens is 3. The minimum atomic E-state index is -0.117. The van der Waals surface area contributed by atoms with E-state index in [0.29, 0.717) is 5.92 Å². The highest BCUT2D eigenvalue weighted by atomic mass is 19.1. The van der Waals surface area contributed by atoms with Crippen molar-refractivity contribution in [3.63, 3.8) is 0 Å². The molecule has 1 N–H and O–H groups in total. The molecule has 1 aliphatic carbocycles. The molecule has 1 aliphatic rings. The van der Waals surface area contributed by atoms with Crippen LogP contribution in [0.2, 0.25) is 0 Å². The first-order valence-electron chi connectivity index (χ1n) is 8.04. The lowest BCUT2D eigenvalue weighted by Gasteiger charge is -2.23. The minimum absolute atomic E-state index is 0.117. The zero-order valence-electron chi connectivity index (χ0n) is 12.8. The van der Waals surface area contributed by atoms with Gasteiger partial charge in [0.05, 0.1) is 5.69 Å². The van der Waals surface area contributed by atoms with Crippen LogP contribution in [0.5, 0.6) is 0 Å². The third kappa shape index (κ3) is 2.65. The number of hydrogen-bond donors (Lipinski definition) is 1. The number of aryl methyl sites for hydroxylation is 1. The lowest BCUT2D eigenvalue weighted by molar-refractivity contribution is 0.529. The van der Waals surface area contributed by atoms with Crippen molar-refractivity contribution in [2.24, 2.45) is 0 Å². The number of pyridine rings is 1. The summed E-state index contributed by atoms with van der Waals surface area (Å²) in [5, 5.41) is 7.73. The Kier molecular flexibility index (Phi) is 3.66. The number of H-pyrrole nitrogens is 1. The van der Waals surface area contributed by atoms with Crippen LogP contribution in [0.1, 0.15) is 35.6 Å². The third-order valence-corrected chi connectivity index (χ3v) is 4.65. The molecule has 2 aromatic heterocycles. The second-order valence-corrected chi connectivity index (χ2v) is 6.09. The van der Waals surface area contributed by atoms with Gasteiger partial charge in [0.1, 0.15) is 5.82 Å². The Morgan fingerprint density at radius 3 is 2.78 bits per heavy atom. The number of nitrogens with one attached hydrogen (secondary N) is 1. The van der Waals surface area contributed by atoms with Gasteiger partial charge in [-0.05, 0) is 55.4 Å². The topological polar surface area (TPSA) is 41.6 Å². The lowest BCUT2D eigenvalue weighted by atomic mass is 9.80. The Hall–Kier alpha value is -2.49. The molecule has 116 valence electrons. The maximum Gasteiger partial charge on any atom is 0.126 e. The summed E-state index contributed by atoms with van der Waals surface area (Å²) in [6.45, 7) is 0. The van der Waals surface area contributed by atoms with Gasteiger partial charge in [-0.1, -0.05) is 18.2 Å². The number of aromatic amines is 1. The molecule has 2 heterocycles. The third-order valence-electron chi connectivity index (χ3n) is 4.65. The van der Waals surface area contributed by atoms with Crippen LogP contribution in [-0.4, -0.2) is 15.2 Å². The maximum absolute atomic E-state index is 14.0. The van der Waals surface area contributed by atoms with E-state index in [1.807, 2.05) is 24.3 Å². The highest BCUT2D eigenvalue weighted by molar-refractivity contribution is 5.64. The first kappa shape index (κ1) is 14.1. The predicted molar refractivity (Wildman–Crippen MR) is 87.6 cm³/mol. The summed E-state index contributed by atoms with van der Waals surface area (Å²) >= 11 is 0. The molecule has 0 radical (unpaired) electrons. The summed E-state index contributed by atoms with van der Waals surface area (Å²) in [6, 6.07) is 11.0. The normalized spacial score (nSPS) is 17.0. The molecule has 1 atom stereocenters. The van der Waals surface area contributed by atoms with Crippen molar-refractivity contribution in [3.05, 3.63) is 71.4 Å². The van der Waals surface area contributed by atoms with Gasteiger partial charge >= 0.3 is 0 Å². The van der Waals surface area contributed by atoms with Gasteiger partial charge in [0, 0.05) is 29.2 Å². The Labute approximate surface area is 134 Å². The highest BCUT2D eigenvalue weighted by Gasteiger charge is 2.27. The van der Waals surface area contributed by atoms with E-state index in [0.717, 1.165) is 42.5 Å². The van der Waals surface area contributed by atoms with Crippen LogP contribution in [0.3, 0.4) is 0 Å². The van der Waals surface area contributed by atoms with Crippen molar-refractivity contribution >= 4 is 0 Å². The van der Waals surface area contributed by atoms with Crippen molar-refractivity contribution in [3.8, 4) is 11.3 Å². The highest BCUT2D eigenvalue weighted by Crippen LogP contribution is 2.39. The van der Waals surface area contributed by atoms with E-state index in [1.54, 1.807) is 18.5 Å². The van der Waals surface area contributed by atoms with Gasteiger partial charge in [-0.15, -0.1) is 0 Å². The molecule has 0 fully saturated rings. The fraction of sp³-hybridized carbons (Fsp3) is 0.263. The Morgan fingerprint density at radius 2 is 1.96 bits per heavy atom. The number of hydrogen-bond acceptors (Lipinski definition) is 2. The molecule has 0 amide bonds. The average Bonchev–Trinajstić information content (AvgIpc) is 3.03. The first-order chi connectivity index (χ1) is 11.3. The molecule has 0 aliphatic heterocycles. The van der Waals surface area contributed by atoms with Crippen molar-refractivity contribution in [1.82, 2.24) is 15.2 Å². The van der Waals surface area contributed by atoms with Crippen molar-refractivity contribution in [1.29, 1.82) is 0 Å². The van der Waals surface area contributed by atoms with E-state index in [4.69, 9.17) is 0 Å². The zero-order valence-corrected chi connectivity index (χ0v) is 12.8. The molecule has 3 nitrogen and oxygen atoms in total. The molecule has 1 unspecified atom stereocenters. The maximum atomic E-state index is 14.0. The Balaban J connectivity index is 1.73.